The highest BCUT2D eigenvalue weighted by atomic mass is 19.4. The van der Waals surface area contributed by atoms with Gasteiger partial charge in [0.25, 0.3) is 0 Å². The van der Waals surface area contributed by atoms with Crippen molar-refractivity contribution in [2.75, 3.05) is 19.1 Å². The summed E-state index contributed by atoms with van der Waals surface area (Å²) in [6.07, 6.45) is -5.67. The van der Waals surface area contributed by atoms with Crippen LogP contribution >= 0.6 is 0 Å². The average Bonchev–Trinajstić information content (AvgIpc) is 2.90. The molecule has 0 bridgehead atoms. The zero-order valence-corrected chi connectivity index (χ0v) is 21.7. The number of halogens is 3. The van der Waals surface area contributed by atoms with Crippen LogP contribution in [0.1, 0.15) is 41.6 Å². The van der Waals surface area contributed by atoms with Gasteiger partial charge in [0.05, 0.1) is 37.9 Å². The summed E-state index contributed by atoms with van der Waals surface area (Å²) in [5.41, 5.74) is 1.13. The van der Waals surface area contributed by atoms with E-state index in [1.807, 2.05) is 30.3 Å². The fourth-order valence-electron chi connectivity index (χ4n) is 5.03. The van der Waals surface area contributed by atoms with Gasteiger partial charge in [-0.05, 0) is 36.6 Å². The minimum Gasteiger partial charge on any atom is -0.493 e. The lowest BCUT2D eigenvalue weighted by Crippen LogP contribution is -2.47. The number of rotatable bonds is 7. The summed E-state index contributed by atoms with van der Waals surface area (Å²) in [5.74, 6) is 0.311. The Balaban J connectivity index is 1.80. The van der Waals surface area contributed by atoms with Crippen LogP contribution in [0.4, 0.5) is 23.7 Å². The molecule has 0 saturated heterocycles. The summed E-state index contributed by atoms with van der Waals surface area (Å²) in [4.78, 5) is 28.9. The maximum absolute atomic E-state index is 13.8. The molecule has 0 saturated carbocycles. The second-order valence-corrected chi connectivity index (χ2v) is 9.40. The molecule has 1 N–H and O–H groups in total. The van der Waals surface area contributed by atoms with Crippen molar-refractivity contribution in [2.45, 2.75) is 44.6 Å². The number of amides is 2. The van der Waals surface area contributed by atoms with E-state index in [0.717, 1.165) is 17.7 Å². The van der Waals surface area contributed by atoms with Gasteiger partial charge in [0, 0.05) is 24.2 Å². The van der Waals surface area contributed by atoms with Crippen molar-refractivity contribution < 1.29 is 37.3 Å². The Bertz CT molecular complexity index is 1350. The fourth-order valence-corrected chi connectivity index (χ4v) is 5.03. The molecule has 3 aromatic carbocycles. The summed E-state index contributed by atoms with van der Waals surface area (Å²) in [6.45, 7) is 1.93. The molecule has 1 aliphatic rings. The zero-order valence-electron chi connectivity index (χ0n) is 21.7. The summed E-state index contributed by atoms with van der Waals surface area (Å²) in [6, 6.07) is 16.1. The van der Waals surface area contributed by atoms with Gasteiger partial charge in [0.15, 0.2) is 11.5 Å². The van der Waals surface area contributed by atoms with Crippen LogP contribution in [0.15, 0.2) is 66.7 Å². The quantitative estimate of drug-likeness (QED) is 0.379. The highest BCUT2D eigenvalue weighted by molar-refractivity contribution is 5.90. The van der Waals surface area contributed by atoms with Crippen LogP contribution in [0, 0.1) is 0 Å². The lowest BCUT2D eigenvalue weighted by Gasteiger charge is -2.43. The maximum atomic E-state index is 13.8. The molecule has 1 aliphatic heterocycles. The number of anilines is 1. The van der Waals surface area contributed by atoms with E-state index in [1.54, 1.807) is 24.0 Å². The van der Waals surface area contributed by atoms with Gasteiger partial charge in [-0.15, -0.1) is 0 Å². The first-order chi connectivity index (χ1) is 18.5. The van der Waals surface area contributed by atoms with Crippen molar-refractivity contribution in [3.05, 3.63) is 89.0 Å². The van der Waals surface area contributed by atoms with Gasteiger partial charge in [0.2, 0.25) is 5.91 Å². The van der Waals surface area contributed by atoms with E-state index in [1.165, 1.54) is 31.3 Å². The van der Waals surface area contributed by atoms with Gasteiger partial charge in [-0.3, -0.25) is 9.69 Å². The van der Waals surface area contributed by atoms with Gasteiger partial charge in [0.1, 0.15) is 0 Å². The Hall–Kier alpha value is -4.21. The van der Waals surface area contributed by atoms with E-state index in [9.17, 15) is 27.9 Å². The number of fused-ring (bicyclic) bond motifs is 1. The minimum absolute atomic E-state index is 0.177. The monoisotopic (exact) mass is 542 g/mol. The smallest absolute Gasteiger partial charge is 0.416 e. The first-order valence-electron chi connectivity index (χ1n) is 12.3. The van der Waals surface area contributed by atoms with Crippen molar-refractivity contribution in [3.63, 3.8) is 0 Å². The van der Waals surface area contributed by atoms with Crippen LogP contribution < -0.4 is 14.4 Å². The van der Waals surface area contributed by atoms with E-state index in [2.05, 4.69) is 0 Å². The van der Waals surface area contributed by atoms with Crippen LogP contribution in [-0.2, 0) is 23.9 Å². The molecule has 0 aromatic heterocycles. The number of carboxylic acid groups (broad SMARTS) is 1. The number of methoxy groups -OCH3 is 2. The molecule has 1 heterocycles. The van der Waals surface area contributed by atoms with E-state index < -0.39 is 29.9 Å². The number of carbonyl (C=O) groups excluding carboxylic acids is 1. The number of alkyl halides is 3. The molecule has 206 valence electrons. The molecule has 3 aromatic rings. The van der Waals surface area contributed by atoms with Crippen LogP contribution in [0.2, 0.25) is 0 Å². The Morgan fingerprint density at radius 2 is 1.62 bits per heavy atom. The number of benzene rings is 3. The average molecular weight is 543 g/mol. The van der Waals surface area contributed by atoms with E-state index in [-0.39, 0.29) is 30.9 Å². The van der Waals surface area contributed by atoms with Gasteiger partial charge in [-0.2, -0.15) is 13.2 Å². The van der Waals surface area contributed by atoms with Gasteiger partial charge in [-0.1, -0.05) is 48.5 Å². The van der Waals surface area contributed by atoms with Crippen LogP contribution in [-0.4, -0.2) is 42.3 Å². The Morgan fingerprint density at radius 3 is 2.23 bits per heavy atom. The Kier molecular flexibility index (Phi) is 8.03. The van der Waals surface area contributed by atoms with Crippen LogP contribution in [0.3, 0.4) is 0 Å². The number of nitrogens with zero attached hydrogens (tertiary/aromatic N) is 2. The van der Waals surface area contributed by atoms with Crippen LogP contribution in [0.25, 0.3) is 0 Å². The summed E-state index contributed by atoms with van der Waals surface area (Å²) in [5, 5.41) is 9.98. The Morgan fingerprint density at radius 1 is 0.974 bits per heavy atom. The molecular formula is C29H29F3N2O5. The third-order valence-electron chi connectivity index (χ3n) is 6.86. The molecule has 0 aliphatic carbocycles. The molecule has 2 amide bonds. The van der Waals surface area contributed by atoms with Gasteiger partial charge >= 0.3 is 12.3 Å². The molecule has 0 spiro atoms. The van der Waals surface area contributed by atoms with E-state index in [0.29, 0.717) is 22.7 Å². The predicted molar refractivity (Wildman–Crippen MR) is 139 cm³/mol. The summed E-state index contributed by atoms with van der Waals surface area (Å²) >= 11 is 0. The molecule has 0 radical (unpaired) electrons. The van der Waals surface area contributed by atoms with Crippen molar-refractivity contribution in [3.8, 4) is 11.5 Å². The van der Waals surface area contributed by atoms with Crippen molar-refractivity contribution >= 4 is 17.7 Å². The first kappa shape index (κ1) is 27.8. The fraction of sp³-hybridized carbons (Fsp3) is 0.310. The molecule has 10 heteroatoms. The molecule has 7 nitrogen and oxygen atoms in total. The minimum atomic E-state index is -4.53. The van der Waals surface area contributed by atoms with Crippen molar-refractivity contribution in [1.82, 2.24) is 4.90 Å². The molecule has 0 unspecified atom stereocenters. The largest absolute Gasteiger partial charge is 0.493 e. The van der Waals surface area contributed by atoms with Crippen LogP contribution in [0.5, 0.6) is 11.5 Å². The maximum Gasteiger partial charge on any atom is 0.416 e. The number of carbonyl (C=O) groups is 2. The molecule has 2 atom stereocenters. The highest BCUT2D eigenvalue weighted by Crippen LogP contribution is 2.46. The number of hydrogen-bond acceptors (Lipinski definition) is 4. The van der Waals surface area contributed by atoms with E-state index in [4.69, 9.17) is 9.47 Å². The standard InChI is InChI=1S/C29H29F3N2O5/c1-18-12-23(22-15-25(38-2)26(39-3)16-24(22)34(18)28(36)37)33(17-19-8-5-4-6-9-19)27(35)14-20-10-7-11-21(13-20)29(30,31)32/h4-11,13,15-16,18,23H,12,14,17H2,1-3H3,(H,36,37)/t18-,23+/m1/s1. The molecule has 4 rings (SSSR count). The number of hydrogen-bond donors (Lipinski definition) is 1. The first-order valence-corrected chi connectivity index (χ1v) is 12.3. The van der Waals surface area contributed by atoms with E-state index >= 15 is 0 Å². The second kappa shape index (κ2) is 11.3. The van der Waals surface area contributed by atoms with Gasteiger partial charge in [-0.25, -0.2) is 4.79 Å². The predicted octanol–water partition coefficient (Wildman–Crippen LogP) is 6.31. The molecule has 39 heavy (non-hydrogen) atoms. The van der Waals surface area contributed by atoms with Crippen molar-refractivity contribution in [1.29, 1.82) is 0 Å². The van der Waals surface area contributed by atoms with Gasteiger partial charge < -0.3 is 19.5 Å². The Labute approximate surface area is 224 Å². The third kappa shape index (κ3) is 5.94. The molecule has 0 fully saturated rings. The highest BCUT2D eigenvalue weighted by Gasteiger charge is 2.39. The lowest BCUT2D eigenvalue weighted by molar-refractivity contribution is -0.138. The second-order valence-electron chi connectivity index (χ2n) is 9.40. The topological polar surface area (TPSA) is 79.3 Å². The zero-order chi connectivity index (χ0) is 28.3. The SMILES string of the molecule is COc1cc2c(cc1OC)N(C(=O)O)[C@H](C)C[C@@H]2N(Cc1ccccc1)C(=O)Cc1cccc(C(F)(F)F)c1. The lowest BCUT2D eigenvalue weighted by atomic mass is 9.89. The number of ether oxygens (including phenoxy) is 2. The molecular weight excluding hydrogens is 513 g/mol. The summed E-state index contributed by atoms with van der Waals surface area (Å²) in [7, 11) is 2.90. The third-order valence-corrected chi connectivity index (χ3v) is 6.86. The normalized spacial score (nSPS) is 16.8. The summed E-state index contributed by atoms with van der Waals surface area (Å²) < 4.78 is 50.8. The van der Waals surface area contributed by atoms with Crippen molar-refractivity contribution in [2.24, 2.45) is 0 Å².